The molecule has 0 bridgehead atoms. The summed E-state index contributed by atoms with van der Waals surface area (Å²) in [6.45, 7) is 5.04. The molecule has 0 saturated carbocycles. The largest absolute Gasteiger partial charge is 0.419 e. The summed E-state index contributed by atoms with van der Waals surface area (Å²) in [6, 6.07) is 7.94. The molecule has 18 heavy (non-hydrogen) atoms. The third-order valence-corrected chi connectivity index (χ3v) is 3.39. The van der Waals surface area contributed by atoms with Crippen LogP contribution >= 0.6 is 15.9 Å². The molecule has 4 nitrogen and oxygen atoms in total. The van der Waals surface area contributed by atoms with E-state index in [1.54, 1.807) is 0 Å². The molecule has 1 aromatic heterocycles. The highest BCUT2D eigenvalue weighted by Gasteiger charge is 2.17. The molecule has 0 spiro atoms. The highest BCUT2D eigenvalue weighted by Crippen LogP contribution is 2.28. The first kappa shape index (κ1) is 13.2. The normalized spacial score (nSPS) is 12.6. The SMILES string of the molecule is CCNC(CC)c1nnc(-c2ccccc2Br)o1. The Morgan fingerprint density at radius 2 is 2.06 bits per heavy atom. The first-order valence-electron chi connectivity index (χ1n) is 6.08. The van der Waals surface area contributed by atoms with E-state index in [-0.39, 0.29) is 6.04 Å². The van der Waals surface area contributed by atoms with Crippen molar-refractivity contribution in [1.82, 2.24) is 15.5 Å². The van der Waals surface area contributed by atoms with E-state index in [9.17, 15) is 0 Å². The molecule has 0 radical (unpaired) electrons. The number of halogens is 1. The first-order valence-corrected chi connectivity index (χ1v) is 6.87. The Hall–Kier alpha value is -1.20. The van der Waals surface area contributed by atoms with E-state index in [4.69, 9.17) is 4.42 Å². The Kier molecular flexibility index (Phi) is 4.49. The van der Waals surface area contributed by atoms with Crippen LogP contribution in [0, 0.1) is 0 Å². The Balaban J connectivity index is 2.28. The van der Waals surface area contributed by atoms with Crippen LogP contribution in [-0.2, 0) is 0 Å². The van der Waals surface area contributed by atoms with Crippen molar-refractivity contribution in [3.8, 4) is 11.5 Å². The highest BCUT2D eigenvalue weighted by atomic mass is 79.9. The van der Waals surface area contributed by atoms with Crippen LogP contribution in [0.25, 0.3) is 11.5 Å². The number of benzene rings is 1. The zero-order valence-electron chi connectivity index (χ0n) is 10.5. The molecule has 96 valence electrons. The molecule has 1 aromatic carbocycles. The monoisotopic (exact) mass is 309 g/mol. The van der Waals surface area contributed by atoms with Crippen molar-refractivity contribution in [3.05, 3.63) is 34.6 Å². The van der Waals surface area contributed by atoms with Crippen molar-refractivity contribution in [2.45, 2.75) is 26.3 Å². The summed E-state index contributed by atoms with van der Waals surface area (Å²) in [6.07, 6.45) is 0.922. The van der Waals surface area contributed by atoms with E-state index in [2.05, 4.69) is 45.3 Å². The summed E-state index contributed by atoms with van der Waals surface area (Å²) in [7, 11) is 0. The van der Waals surface area contributed by atoms with E-state index in [1.807, 2.05) is 24.3 Å². The molecule has 1 heterocycles. The van der Waals surface area contributed by atoms with Crippen LogP contribution in [-0.4, -0.2) is 16.7 Å². The number of hydrogen-bond donors (Lipinski definition) is 1. The third-order valence-electron chi connectivity index (χ3n) is 2.70. The summed E-state index contributed by atoms with van der Waals surface area (Å²) in [5.41, 5.74) is 0.919. The van der Waals surface area contributed by atoms with Gasteiger partial charge in [0.1, 0.15) is 0 Å². The van der Waals surface area contributed by atoms with Gasteiger partial charge in [0.2, 0.25) is 11.8 Å². The summed E-state index contributed by atoms with van der Waals surface area (Å²) in [4.78, 5) is 0. The summed E-state index contributed by atoms with van der Waals surface area (Å²) >= 11 is 3.48. The van der Waals surface area contributed by atoms with E-state index in [1.165, 1.54) is 0 Å². The van der Waals surface area contributed by atoms with Gasteiger partial charge in [-0.25, -0.2) is 0 Å². The second-order valence-corrected chi connectivity index (χ2v) is 4.80. The number of nitrogens with zero attached hydrogens (tertiary/aromatic N) is 2. The van der Waals surface area contributed by atoms with Crippen molar-refractivity contribution >= 4 is 15.9 Å². The summed E-state index contributed by atoms with van der Waals surface area (Å²) in [5, 5.41) is 11.6. The molecule has 0 aliphatic heterocycles. The summed E-state index contributed by atoms with van der Waals surface area (Å²) < 4.78 is 6.70. The van der Waals surface area contributed by atoms with Gasteiger partial charge in [0.05, 0.1) is 11.6 Å². The number of aromatic nitrogens is 2. The molecule has 1 unspecified atom stereocenters. The number of hydrogen-bond acceptors (Lipinski definition) is 4. The second-order valence-electron chi connectivity index (χ2n) is 3.94. The fourth-order valence-electron chi connectivity index (χ4n) is 1.77. The molecule has 0 aliphatic rings. The van der Waals surface area contributed by atoms with E-state index in [0.717, 1.165) is 23.0 Å². The van der Waals surface area contributed by atoms with Gasteiger partial charge in [0, 0.05) is 4.47 Å². The maximum atomic E-state index is 5.74. The molecule has 2 aromatic rings. The van der Waals surface area contributed by atoms with Gasteiger partial charge in [-0.3, -0.25) is 0 Å². The Labute approximate surface area is 115 Å². The molecule has 2 rings (SSSR count). The average molecular weight is 310 g/mol. The lowest BCUT2D eigenvalue weighted by molar-refractivity contribution is 0.402. The van der Waals surface area contributed by atoms with Crippen molar-refractivity contribution in [1.29, 1.82) is 0 Å². The van der Waals surface area contributed by atoms with Crippen LogP contribution < -0.4 is 5.32 Å². The quantitative estimate of drug-likeness (QED) is 0.917. The van der Waals surface area contributed by atoms with Gasteiger partial charge >= 0.3 is 0 Å². The van der Waals surface area contributed by atoms with Crippen molar-refractivity contribution in [3.63, 3.8) is 0 Å². The zero-order valence-corrected chi connectivity index (χ0v) is 12.1. The molecule has 0 aliphatic carbocycles. The minimum atomic E-state index is 0.124. The maximum Gasteiger partial charge on any atom is 0.248 e. The molecule has 5 heteroatoms. The Morgan fingerprint density at radius 1 is 1.28 bits per heavy atom. The lowest BCUT2D eigenvalue weighted by atomic mass is 10.2. The molecular formula is C13H16BrN3O. The van der Waals surface area contributed by atoms with Gasteiger partial charge in [0.25, 0.3) is 0 Å². The lowest BCUT2D eigenvalue weighted by Crippen LogP contribution is -2.20. The van der Waals surface area contributed by atoms with Gasteiger partial charge in [-0.2, -0.15) is 0 Å². The van der Waals surface area contributed by atoms with E-state index >= 15 is 0 Å². The second kappa shape index (κ2) is 6.11. The van der Waals surface area contributed by atoms with Gasteiger partial charge < -0.3 is 9.73 Å². The van der Waals surface area contributed by atoms with Crippen LogP contribution in [0.4, 0.5) is 0 Å². The molecule has 0 saturated heterocycles. The topological polar surface area (TPSA) is 51.0 Å². The van der Waals surface area contributed by atoms with Gasteiger partial charge in [-0.15, -0.1) is 10.2 Å². The zero-order chi connectivity index (χ0) is 13.0. The van der Waals surface area contributed by atoms with Gasteiger partial charge in [-0.05, 0) is 41.0 Å². The first-order chi connectivity index (χ1) is 8.76. The molecular weight excluding hydrogens is 294 g/mol. The van der Waals surface area contributed by atoms with Crippen molar-refractivity contribution in [2.75, 3.05) is 6.54 Å². The lowest BCUT2D eigenvalue weighted by Gasteiger charge is -2.10. The standard InChI is InChI=1S/C13H16BrN3O/c1-3-11(15-4-2)13-17-16-12(18-13)9-7-5-6-8-10(9)14/h5-8,11,15H,3-4H2,1-2H3. The molecule has 0 amide bonds. The predicted molar refractivity (Wildman–Crippen MR) is 74.1 cm³/mol. The smallest absolute Gasteiger partial charge is 0.248 e. The average Bonchev–Trinajstić information content (AvgIpc) is 2.85. The van der Waals surface area contributed by atoms with Crippen molar-refractivity contribution in [2.24, 2.45) is 0 Å². The van der Waals surface area contributed by atoms with Gasteiger partial charge in [-0.1, -0.05) is 26.0 Å². The van der Waals surface area contributed by atoms with Crippen LogP contribution in [0.5, 0.6) is 0 Å². The van der Waals surface area contributed by atoms with Crippen LogP contribution in [0.1, 0.15) is 32.2 Å². The highest BCUT2D eigenvalue weighted by molar-refractivity contribution is 9.10. The van der Waals surface area contributed by atoms with Crippen molar-refractivity contribution < 1.29 is 4.42 Å². The molecule has 1 atom stereocenters. The predicted octanol–water partition coefficient (Wildman–Crippen LogP) is 3.56. The number of nitrogens with one attached hydrogen (secondary N) is 1. The van der Waals surface area contributed by atoms with Crippen LogP contribution in [0.15, 0.2) is 33.2 Å². The van der Waals surface area contributed by atoms with Crippen LogP contribution in [0.3, 0.4) is 0 Å². The van der Waals surface area contributed by atoms with E-state index in [0.29, 0.717) is 11.8 Å². The fourth-order valence-corrected chi connectivity index (χ4v) is 2.23. The number of rotatable bonds is 5. The molecule has 1 N–H and O–H groups in total. The minimum absolute atomic E-state index is 0.124. The fraction of sp³-hybridized carbons (Fsp3) is 0.385. The van der Waals surface area contributed by atoms with Crippen LogP contribution in [0.2, 0.25) is 0 Å². The van der Waals surface area contributed by atoms with Gasteiger partial charge in [0.15, 0.2) is 0 Å². The molecule has 0 fully saturated rings. The maximum absolute atomic E-state index is 5.74. The Bertz CT molecular complexity index is 512. The van der Waals surface area contributed by atoms with E-state index < -0.39 is 0 Å². The minimum Gasteiger partial charge on any atom is -0.419 e. The third kappa shape index (κ3) is 2.79. The Morgan fingerprint density at radius 3 is 2.72 bits per heavy atom. The summed E-state index contributed by atoms with van der Waals surface area (Å²) in [5.74, 6) is 1.19.